The van der Waals surface area contributed by atoms with E-state index < -0.39 is 0 Å². The summed E-state index contributed by atoms with van der Waals surface area (Å²) in [4.78, 5) is 12.2. The molecule has 2 bridgehead atoms. The Kier molecular flexibility index (Phi) is 2.73. The molecule has 2 aliphatic rings. The number of rotatable bonds is 3. The monoisotopic (exact) mass is 232 g/mol. The predicted octanol–water partition coefficient (Wildman–Crippen LogP) is 3.37. The molecule has 2 saturated carbocycles. The average molecular weight is 232 g/mol. The molecule has 2 heteroatoms. The van der Waals surface area contributed by atoms with Crippen LogP contribution in [0.5, 0.6) is 0 Å². The molecule has 3 unspecified atom stereocenters. The van der Waals surface area contributed by atoms with Gasteiger partial charge in [-0.25, -0.2) is 4.39 Å². The molecule has 2 aliphatic carbocycles. The highest BCUT2D eigenvalue weighted by atomic mass is 19.1. The molecule has 0 radical (unpaired) electrons. The van der Waals surface area contributed by atoms with E-state index in [2.05, 4.69) is 0 Å². The van der Waals surface area contributed by atoms with E-state index in [0.29, 0.717) is 24.0 Å². The zero-order valence-corrected chi connectivity index (χ0v) is 9.86. The number of benzene rings is 1. The molecule has 90 valence electrons. The van der Waals surface area contributed by atoms with Crippen molar-refractivity contribution < 1.29 is 9.18 Å². The van der Waals surface area contributed by atoms with E-state index in [1.165, 1.54) is 31.4 Å². The summed E-state index contributed by atoms with van der Waals surface area (Å²) in [5, 5.41) is 0. The third-order valence-electron chi connectivity index (χ3n) is 4.44. The maximum Gasteiger partial charge on any atom is 0.140 e. The summed E-state index contributed by atoms with van der Waals surface area (Å²) in [6, 6.07) is 6.31. The van der Waals surface area contributed by atoms with E-state index in [4.69, 9.17) is 0 Å². The van der Waals surface area contributed by atoms with Gasteiger partial charge in [-0.2, -0.15) is 0 Å². The lowest BCUT2D eigenvalue weighted by atomic mass is 9.84. The highest BCUT2D eigenvalue weighted by Crippen LogP contribution is 2.48. The maximum absolute atomic E-state index is 12.8. The van der Waals surface area contributed by atoms with Crippen molar-refractivity contribution in [2.75, 3.05) is 0 Å². The van der Waals surface area contributed by atoms with Crippen LogP contribution < -0.4 is 0 Å². The molecule has 1 nitrogen and oxygen atoms in total. The van der Waals surface area contributed by atoms with Gasteiger partial charge in [0.1, 0.15) is 11.6 Å². The normalized spacial score (nSPS) is 30.8. The molecule has 2 fully saturated rings. The number of Topliss-reactive ketones (excluding diaryl/α,β-unsaturated/α-hetero) is 1. The largest absolute Gasteiger partial charge is 0.299 e. The molecule has 0 heterocycles. The van der Waals surface area contributed by atoms with E-state index in [9.17, 15) is 9.18 Å². The van der Waals surface area contributed by atoms with E-state index in [1.54, 1.807) is 12.1 Å². The van der Waals surface area contributed by atoms with Crippen molar-refractivity contribution in [1.29, 1.82) is 0 Å². The van der Waals surface area contributed by atoms with Gasteiger partial charge in [-0.05, 0) is 48.8 Å². The molecule has 1 aromatic rings. The van der Waals surface area contributed by atoms with Gasteiger partial charge in [0.05, 0.1) is 0 Å². The van der Waals surface area contributed by atoms with Gasteiger partial charge in [0, 0.05) is 12.3 Å². The number of ketones is 1. The Labute approximate surface area is 101 Å². The first-order valence-corrected chi connectivity index (χ1v) is 6.49. The Bertz CT molecular complexity index is 423. The number of halogens is 1. The lowest BCUT2D eigenvalue weighted by molar-refractivity contribution is -0.123. The molecule has 0 spiro atoms. The van der Waals surface area contributed by atoms with Crippen LogP contribution in [0, 0.1) is 23.6 Å². The smallest absolute Gasteiger partial charge is 0.140 e. The molecule has 0 aliphatic heterocycles. The fourth-order valence-corrected chi connectivity index (χ4v) is 3.57. The Hall–Kier alpha value is -1.18. The lowest BCUT2D eigenvalue weighted by Crippen LogP contribution is -2.22. The second kappa shape index (κ2) is 4.25. The predicted molar refractivity (Wildman–Crippen MR) is 64.0 cm³/mol. The molecule has 0 N–H and O–H groups in total. The van der Waals surface area contributed by atoms with Gasteiger partial charge in [0.15, 0.2) is 0 Å². The fourth-order valence-electron chi connectivity index (χ4n) is 3.57. The summed E-state index contributed by atoms with van der Waals surface area (Å²) in [6.07, 6.45) is 5.41. The van der Waals surface area contributed by atoms with Crippen molar-refractivity contribution in [2.24, 2.45) is 17.8 Å². The molecule has 0 amide bonds. The highest BCUT2D eigenvalue weighted by Gasteiger charge is 2.42. The van der Waals surface area contributed by atoms with Gasteiger partial charge < -0.3 is 0 Å². The van der Waals surface area contributed by atoms with Crippen LogP contribution in [0.25, 0.3) is 0 Å². The van der Waals surface area contributed by atoms with Gasteiger partial charge in [-0.3, -0.25) is 4.79 Å². The Morgan fingerprint density at radius 2 is 1.94 bits per heavy atom. The van der Waals surface area contributed by atoms with E-state index in [1.807, 2.05) is 0 Å². The molecular formula is C15H17FO. The van der Waals surface area contributed by atoms with E-state index >= 15 is 0 Å². The highest BCUT2D eigenvalue weighted by molar-refractivity contribution is 5.84. The van der Waals surface area contributed by atoms with Crippen molar-refractivity contribution in [2.45, 2.75) is 32.1 Å². The zero-order valence-electron chi connectivity index (χ0n) is 9.86. The van der Waals surface area contributed by atoms with Gasteiger partial charge in [-0.1, -0.05) is 18.6 Å². The van der Waals surface area contributed by atoms with Gasteiger partial charge in [-0.15, -0.1) is 0 Å². The summed E-state index contributed by atoms with van der Waals surface area (Å²) < 4.78 is 12.8. The second-order valence-corrected chi connectivity index (χ2v) is 5.55. The standard InChI is InChI=1S/C15H17FO/c16-13-5-2-10(3-6-13)9-15(17)14-8-11-1-4-12(14)7-11/h2-3,5-6,11-12,14H,1,4,7-9H2. The van der Waals surface area contributed by atoms with Crippen LogP contribution >= 0.6 is 0 Å². The molecular weight excluding hydrogens is 215 g/mol. The Morgan fingerprint density at radius 1 is 1.18 bits per heavy atom. The summed E-state index contributed by atoms with van der Waals surface area (Å²) in [7, 11) is 0. The van der Waals surface area contributed by atoms with E-state index in [-0.39, 0.29) is 5.82 Å². The molecule has 0 saturated heterocycles. The molecule has 0 aromatic heterocycles. The lowest BCUT2D eigenvalue weighted by Gasteiger charge is -2.20. The minimum atomic E-state index is -0.235. The molecule has 17 heavy (non-hydrogen) atoms. The van der Waals surface area contributed by atoms with Crippen molar-refractivity contribution >= 4 is 5.78 Å². The van der Waals surface area contributed by atoms with Crippen LogP contribution in [-0.4, -0.2) is 5.78 Å². The zero-order chi connectivity index (χ0) is 11.8. The average Bonchev–Trinajstić information content (AvgIpc) is 2.94. The second-order valence-electron chi connectivity index (χ2n) is 5.55. The summed E-state index contributed by atoms with van der Waals surface area (Å²) >= 11 is 0. The summed E-state index contributed by atoms with van der Waals surface area (Å²) in [6.45, 7) is 0. The minimum absolute atomic E-state index is 0.235. The van der Waals surface area contributed by atoms with Gasteiger partial charge in [0.2, 0.25) is 0 Å². The third-order valence-corrected chi connectivity index (χ3v) is 4.44. The quantitative estimate of drug-likeness (QED) is 0.780. The van der Waals surface area contributed by atoms with Gasteiger partial charge in [0.25, 0.3) is 0 Å². The number of fused-ring (bicyclic) bond motifs is 2. The van der Waals surface area contributed by atoms with Crippen LogP contribution in [-0.2, 0) is 11.2 Å². The fraction of sp³-hybridized carbons (Fsp3) is 0.533. The van der Waals surface area contributed by atoms with Crippen molar-refractivity contribution in [1.82, 2.24) is 0 Å². The minimum Gasteiger partial charge on any atom is -0.299 e. The third kappa shape index (κ3) is 2.13. The summed E-state index contributed by atoms with van der Waals surface area (Å²) in [5.74, 6) is 1.87. The van der Waals surface area contributed by atoms with E-state index in [0.717, 1.165) is 17.9 Å². The van der Waals surface area contributed by atoms with Crippen molar-refractivity contribution in [3.8, 4) is 0 Å². The van der Waals surface area contributed by atoms with Crippen LogP contribution in [0.15, 0.2) is 24.3 Å². The first-order chi connectivity index (χ1) is 8.22. The van der Waals surface area contributed by atoms with Gasteiger partial charge >= 0.3 is 0 Å². The first-order valence-electron chi connectivity index (χ1n) is 6.49. The van der Waals surface area contributed by atoms with Crippen LogP contribution in [0.4, 0.5) is 4.39 Å². The number of hydrogen-bond acceptors (Lipinski definition) is 1. The maximum atomic E-state index is 12.8. The van der Waals surface area contributed by atoms with Crippen LogP contribution in [0.3, 0.4) is 0 Å². The topological polar surface area (TPSA) is 17.1 Å². The first kappa shape index (κ1) is 10.9. The van der Waals surface area contributed by atoms with Crippen molar-refractivity contribution in [3.05, 3.63) is 35.6 Å². The van der Waals surface area contributed by atoms with Crippen LogP contribution in [0.2, 0.25) is 0 Å². The SMILES string of the molecule is O=C(Cc1ccc(F)cc1)C1CC2CCC1C2. The molecule has 1 aromatic carbocycles. The summed E-state index contributed by atoms with van der Waals surface area (Å²) in [5.41, 5.74) is 0.944. The number of carbonyl (C=O) groups is 1. The molecule has 3 rings (SSSR count). The number of carbonyl (C=O) groups excluding carboxylic acids is 1. The Balaban J connectivity index is 1.65. The molecule has 3 atom stereocenters. The Morgan fingerprint density at radius 3 is 2.53 bits per heavy atom. The van der Waals surface area contributed by atoms with Crippen molar-refractivity contribution in [3.63, 3.8) is 0 Å². The number of hydrogen-bond donors (Lipinski definition) is 0. The van der Waals surface area contributed by atoms with Crippen LogP contribution in [0.1, 0.15) is 31.2 Å².